The molecule has 0 fully saturated rings. The van der Waals surface area contributed by atoms with Crippen molar-refractivity contribution in [1.82, 2.24) is 5.32 Å². The highest BCUT2D eigenvalue weighted by Gasteiger charge is 2.08. The van der Waals surface area contributed by atoms with Crippen LogP contribution in [-0.4, -0.2) is 5.91 Å². The molecule has 0 aliphatic carbocycles. The zero-order valence-electron chi connectivity index (χ0n) is 11.0. The van der Waals surface area contributed by atoms with E-state index in [2.05, 4.69) is 39.6 Å². The summed E-state index contributed by atoms with van der Waals surface area (Å²) in [6.45, 7) is 4.72. The average Bonchev–Trinajstić information content (AvgIpc) is 2.86. The van der Waals surface area contributed by atoms with Gasteiger partial charge in [-0.2, -0.15) is 0 Å². The Labute approximate surface area is 126 Å². The van der Waals surface area contributed by atoms with E-state index in [1.807, 2.05) is 25.1 Å². The predicted octanol–water partition coefficient (Wildman–Crippen LogP) is 4.31. The van der Waals surface area contributed by atoms with Gasteiger partial charge < -0.3 is 5.32 Å². The van der Waals surface area contributed by atoms with Crippen molar-refractivity contribution >= 4 is 33.2 Å². The number of thiophene rings is 1. The van der Waals surface area contributed by atoms with Crippen LogP contribution in [0.1, 0.15) is 33.3 Å². The zero-order valence-corrected chi connectivity index (χ0v) is 13.4. The Hall–Kier alpha value is -1.13. The molecule has 0 spiro atoms. The number of hydrogen-bond acceptors (Lipinski definition) is 2. The quantitative estimate of drug-likeness (QED) is 0.884. The molecule has 0 unspecified atom stereocenters. The second kappa shape index (κ2) is 6.35. The molecule has 0 saturated carbocycles. The number of carbonyl (C=O) groups is 1. The van der Waals surface area contributed by atoms with E-state index >= 15 is 0 Å². The Morgan fingerprint density at radius 3 is 2.84 bits per heavy atom. The standard InChI is InChI=1S/C15H16BrNOS/c1-3-11-6-7-19-14(11)9-17-15(18)12-4-5-13(16)10(2)8-12/h4-8H,3,9H2,1-2H3,(H,17,18). The molecule has 0 bridgehead atoms. The number of rotatable bonds is 4. The van der Waals surface area contributed by atoms with Gasteiger partial charge in [0.25, 0.3) is 5.91 Å². The van der Waals surface area contributed by atoms with E-state index in [0.717, 1.165) is 16.5 Å². The van der Waals surface area contributed by atoms with Gasteiger partial charge >= 0.3 is 0 Å². The second-order valence-corrected chi connectivity index (χ2v) is 6.22. The van der Waals surface area contributed by atoms with Crippen LogP contribution in [0, 0.1) is 6.92 Å². The van der Waals surface area contributed by atoms with Gasteiger partial charge in [0.05, 0.1) is 6.54 Å². The number of halogens is 1. The molecule has 0 aliphatic heterocycles. The van der Waals surface area contributed by atoms with Crippen molar-refractivity contribution in [2.45, 2.75) is 26.8 Å². The smallest absolute Gasteiger partial charge is 0.251 e. The monoisotopic (exact) mass is 337 g/mol. The van der Waals surface area contributed by atoms with Crippen LogP contribution in [0.5, 0.6) is 0 Å². The summed E-state index contributed by atoms with van der Waals surface area (Å²) in [5, 5.41) is 5.05. The lowest BCUT2D eigenvalue weighted by Gasteiger charge is -2.07. The van der Waals surface area contributed by atoms with Crippen molar-refractivity contribution < 1.29 is 4.79 Å². The summed E-state index contributed by atoms with van der Waals surface area (Å²) in [5.74, 6) is -0.0222. The summed E-state index contributed by atoms with van der Waals surface area (Å²) < 4.78 is 1.02. The fraction of sp³-hybridized carbons (Fsp3) is 0.267. The van der Waals surface area contributed by atoms with E-state index < -0.39 is 0 Å². The first-order valence-electron chi connectivity index (χ1n) is 6.21. The summed E-state index contributed by atoms with van der Waals surface area (Å²) in [7, 11) is 0. The van der Waals surface area contributed by atoms with E-state index in [4.69, 9.17) is 0 Å². The van der Waals surface area contributed by atoms with Gasteiger partial charge in [-0.25, -0.2) is 0 Å². The maximum Gasteiger partial charge on any atom is 0.251 e. The van der Waals surface area contributed by atoms with E-state index in [1.165, 1.54) is 10.4 Å². The molecule has 2 rings (SSSR count). The lowest BCUT2D eigenvalue weighted by Crippen LogP contribution is -2.22. The first-order chi connectivity index (χ1) is 9.11. The molecule has 1 aromatic carbocycles. The lowest BCUT2D eigenvalue weighted by molar-refractivity contribution is 0.0951. The topological polar surface area (TPSA) is 29.1 Å². The molecule has 0 aliphatic rings. The normalized spacial score (nSPS) is 10.5. The van der Waals surface area contributed by atoms with Crippen LogP contribution < -0.4 is 5.32 Å². The third-order valence-corrected chi connectivity index (χ3v) is 4.90. The number of carbonyl (C=O) groups excluding carboxylic acids is 1. The minimum atomic E-state index is -0.0222. The Bertz CT molecular complexity index is 592. The molecule has 0 atom stereocenters. The molecule has 0 radical (unpaired) electrons. The lowest BCUT2D eigenvalue weighted by atomic mass is 10.1. The Morgan fingerprint density at radius 1 is 1.37 bits per heavy atom. The highest BCUT2D eigenvalue weighted by molar-refractivity contribution is 9.10. The molecule has 2 aromatic rings. The average molecular weight is 338 g/mol. The van der Waals surface area contributed by atoms with Crippen molar-refractivity contribution in [2.24, 2.45) is 0 Å². The van der Waals surface area contributed by atoms with Crippen molar-refractivity contribution in [2.75, 3.05) is 0 Å². The number of hydrogen-bond donors (Lipinski definition) is 1. The van der Waals surface area contributed by atoms with Gasteiger partial charge in [0.1, 0.15) is 0 Å². The molecule has 2 nitrogen and oxygen atoms in total. The van der Waals surface area contributed by atoms with Gasteiger partial charge in [0.2, 0.25) is 0 Å². The van der Waals surface area contributed by atoms with Crippen LogP contribution in [0.3, 0.4) is 0 Å². The van der Waals surface area contributed by atoms with Crippen molar-refractivity contribution in [3.8, 4) is 0 Å². The van der Waals surface area contributed by atoms with Crippen LogP contribution in [0.4, 0.5) is 0 Å². The molecule has 1 N–H and O–H groups in total. The zero-order chi connectivity index (χ0) is 13.8. The summed E-state index contributed by atoms with van der Waals surface area (Å²) in [6.07, 6.45) is 1.01. The van der Waals surface area contributed by atoms with Gasteiger partial charge in [-0.05, 0) is 54.1 Å². The van der Waals surface area contributed by atoms with Crippen LogP contribution in [0.15, 0.2) is 34.1 Å². The van der Waals surface area contributed by atoms with Crippen LogP contribution in [-0.2, 0) is 13.0 Å². The van der Waals surface area contributed by atoms with E-state index in [0.29, 0.717) is 12.1 Å². The van der Waals surface area contributed by atoms with Gasteiger partial charge in [0.15, 0.2) is 0 Å². The van der Waals surface area contributed by atoms with Crippen molar-refractivity contribution in [3.63, 3.8) is 0 Å². The number of benzene rings is 1. The number of amides is 1. The van der Waals surface area contributed by atoms with Crippen LogP contribution >= 0.6 is 27.3 Å². The molecule has 1 amide bonds. The largest absolute Gasteiger partial charge is 0.347 e. The van der Waals surface area contributed by atoms with Gasteiger partial charge in [0, 0.05) is 14.9 Å². The second-order valence-electron chi connectivity index (χ2n) is 4.37. The molecule has 100 valence electrons. The fourth-order valence-electron chi connectivity index (χ4n) is 1.89. The maximum absolute atomic E-state index is 12.1. The highest BCUT2D eigenvalue weighted by Crippen LogP contribution is 2.19. The molecule has 0 saturated heterocycles. The molecular weight excluding hydrogens is 322 g/mol. The predicted molar refractivity (Wildman–Crippen MR) is 83.7 cm³/mol. The van der Waals surface area contributed by atoms with Crippen molar-refractivity contribution in [1.29, 1.82) is 0 Å². The SMILES string of the molecule is CCc1ccsc1CNC(=O)c1ccc(Br)c(C)c1. The van der Waals surface area contributed by atoms with E-state index in [-0.39, 0.29) is 5.91 Å². The van der Waals surface area contributed by atoms with Gasteiger partial charge in [-0.15, -0.1) is 11.3 Å². The Balaban J connectivity index is 2.03. The third kappa shape index (κ3) is 3.45. The fourth-order valence-corrected chi connectivity index (χ4v) is 3.05. The minimum Gasteiger partial charge on any atom is -0.347 e. The molecule has 1 aromatic heterocycles. The molecule has 4 heteroatoms. The number of aryl methyl sites for hydroxylation is 2. The summed E-state index contributed by atoms with van der Waals surface area (Å²) in [6, 6.07) is 7.76. The first-order valence-corrected chi connectivity index (χ1v) is 7.88. The van der Waals surface area contributed by atoms with E-state index in [1.54, 1.807) is 11.3 Å². The highest BCUT2D eigenvalue weighted by atomic mass is 79.9. The van der Waals surface area contributed by atoms with Crippen molar-refractivity contribution in [3.05, 3.63) is 55.7 Å². The van der Waals surface area contributed by atoms with Gasteiger partial charge in [-0.3, -0.25) is 4.79 Å². The van der Waals surface area contributed by atoms with Crippen LogP contribution in [0.25, 0.3) is 0 Å². The first kappa shape index (κ1) is 14.3. The Kier molecular flexibility index (Phi) is 4.77. The van der Waals surface area contributed by atoms with Crippen LogP contribution in [0.2, 0.25) is 0 Å². The molecule has 19 heavy (non-hydrogen) atoms. The summed E-state index contributed by atoms with van der Waals surface area (Å²) in [5.41, 5.74) is 3.09. The molecular formula is C15H16BrNOS. The van der Waals surface area contributed by atoms with Gasteiger partial charge in [-0.1, -0.05) is 22.9 Å². The Morgan fingerprint density at radius 2 is 2.16 bits per heavy atom. The minimum absolute atomic E-state index is 0.0222. The molecule has 1 heterocycles. The summed E-state index contributed by atoms with van der Waals surface area (Å²) in [4.78, 5) is 13.3. The van der Waals surface area contributed by atoms with E-state index in [9.17, 15) is 4.79 Å². The third-order valence-electron chi connectivity index (χ3n) is 3.05. The maximum atomic E-state index is 12.1. The number of nitrogens with one attached hydrogen (secondary N) is 1. The summed E-state index contributed by atoms with van der Waals surface area (Å²) >= 11 is 5.13.